The number of carbonyl (C=O) groups excluding carboxylic acids is 3. The fourth-order valence-electron chi connectivity index (χ4n) is 2.55. The fourth-order valence-corrected chi connectivity index (χ4v) is 2.55. The zero-order valence-electron chi connectivity index (χ0n) is 14.5. The molecule has 1 fully saturated rings. The van der Waals surface area contributed by atoms with E-state index in [1.54, 1.807) is 35.8 Å². The van der Waals surface area contributed by atoms with Gasteiger partial charge >= 0.3 is 12.1 Å². The van der Waals surface area contributed by atoms with Gasteiger partial charge in [0.05, 0.1) is 6.61 Å². The van der Waals surface area contributed by atoms with Gasteiger partial charge < -0.3 is 25.2 Å². The molecule has 0 aliphatic carbocycles. The van der Waals surface area contributed by atoms with E-state index in [-0.39, 0.29) is 12.0 Å². The minimum Gasteiger partial charge on any atom is -0.450 e. The first kappa shape index (κ1) is 18.6. The van der Waals surface area contributed by atoms with E-state index in [0.29, 0.717) is 38.5 Å². The Labute approximate surface area is 147 Å². The highest BCUT2D eigenvalue weighted by molar-refractivity contribution is 5.93. The van der Waals surface area contributed by atoms with Crippen LogP contribution in [0.1, 0.15) is 13.8 Å². The predicted molar refractivity (Wildman–Crippen MR) is 93.2 cm³/mol. The topological polar surface area (TPSA) is 91.0 Å². The Hall–Kier alpha value is -2.77. The van der Waals surface area contributed by atoms with Crippen LogP contribution in [-0.4, -0.2) is 66.7 Å². The summed E-state index contributed by atoms with van der Waals surface area (Å²) in [5.41, 5.74) is 0.655. The third-order valence-corrected chi connectivity index (χ3v) is 3.87. The van der Waals surface area contributed by atoms with Crippen LogP contribution in [0.25, 0.3) is 0 Å². The number of anilines is 1. The van der Waals surface area contributed by atoms with Crippen molar-refractivity contribution in [3.8, 4) is 0 Å². The number of carbonyl (C=O) groups is 3. The van der Waals surface area contributed by atoms with Crippen LogP contribution in [0.5, 0.6) is 0 Å². The van der Waals surface area contributed by atoms with Crippen molar-refractivity contribution < 1.29 is 19.1 Å². The van der Waals surface area contributed by atoms with Crippen LogP contribution in [0.4, 0.5) is 15.3 Å². The number of urea groups is 1. The number of ether oxygens (including phenoxy) is 1. The minimum absolute atomic E-state index is 0.174. The van der Waals surface area contributed by atoms with Gasteiger partial charge in [0, 0.05) is 31.9 Å². The maximum Gasteiger partial charge on any atom is 0.409 e. The lowest BCUT2D eigenvalue weighted by Crippen LogP contribution is -2.55. The molecule has 0 unspecified atom stereocenters. The normalized spacial score (nSPS) is 15.3. The molecule has 25 heavy (non-hydrogen) atoms. The van der Waals surface area contributed by atoms with E-state index in [1.165, 1.54) is 0 Å². The molecule has 1 atom stereocenters. The summed E-state index contributed by atoms with van der Waals surface area (Å²) >= 11 is 0. The van der Waals surface area contributed by atoms with Crippen LogP contribution in [-0.2, 0) is 9.53 Å². The van der Waals surface area contributed by atoms with Gasteiger partial charge in [0.1, 0.15) is 6.04 Å². The summed E-state index contributed by atoms with van der Waals surface area (Å²) in [4.78, 5) is 39.3. The van der Waals surface area contributed by atoms with Crippen molar-refractivity contribution in [1.29, 1.82) is 0 Å². The number of amides is 4. The van der Waals surface area contributed by atoms with Gasteiger partial charge in [-0.1, -0.05) is 18.2 Å². The average molecular weight is 348 g/mol. The van der Waals surface area contributed by atoms with E-state index in [9.17, 15) is 14.4 Å². The van der Waals surface area contributed by atoms with Gasteiger partial charge in [-0.25, -0.2) is 9.59 Å². The van der Waals surface area contributed by atoms with Gasteiger partial charge in [-0.3, -0.25) is 4.79 Å². The quantitative estimate of drug-likeness (QED) is 0.863. The Morgan fingerprint density at radius 3 is 2.28 bits per heavy atom. The molecule has 0 saturated carbocycles. The summed E-state index contributed by atoms with van der Waals surface area (Å²) in [6, 6.07) is 7.92. The van der Waals surface area contributed by atoms with Crippen molar-refractivity contribution in [2.24, 2.45) is 0 Å². The molecule has 0 bridgehead atoms. The minimum atomic E-state index is -0.655. The summed E-state index contributed by atoms with van der Waals surface area (Å²) < 4.78 is 4.95. The molecular formula is C17H24N4O4. The van der Waals surface area contributed by atoms with E-state index in [0.717, 1.165) is 0 Å². The summed E-state index contributed by atoms with van der Waals surface area (Å²) in [6.07, 6.45) is -0.358. The van der Waals surface area contributed by atoms with Crippen LogP contribution in [0.2, 0.25) is 0 Å². The Morgan fingerprint density at radius 2 is 1.68 bits per heavy atom. The Bertz CT molecular complexity index is 600. The van der Waals surface area contributed by atoms with Crippen molar-refractivity contribution in [2.75, 3.05) is 38.1 Å². The third-order valence-electron chi connectivity index (χ3n) is 3.87. The second kappa shape index (κ2) is 8.91. The molecule has 1 saturated heterocycles. The fraction of sp³-hybridized carbons (Fsp3) is 0.471. The molecule has 1 aromatic carbocycles. The van der Waals surface area contributed by atoms with Gasteiger partial charge in [0.25, 0.3) is 0 Å². The smallest absolute Gasteiger partial charge is 0.409 e. The summed E-state index contributed by atoms with van der Waals surface area (Å²) in [6.45, 7) is 5.42. The lowest BCUT2D eigenvalue weighted by molar-refractivity contribution is -0.134. The Balaban J connectivity index is 1.78. The van der Waals surface area contributed by atoms with Crippen LogP contribution < -0.4 is 10.6 Å². The number of nitrogens with zero attached hydrogens (tertiary/aromatic N) is 2. The van der Waals surface area contributed by atoms with E-state index >= 15 is 0 Å². The molecule has 0 aromatic heterocycles. The number of piperazine rings is 1. The van der Waals surface area contributed by atoms with Crippen LogP contribution in [0, 0.1) is 0 Å². The molecule has 1 heterocycles. The maximum atomic E-state index is 12.4. The van der Waals surface area contributed by atoms with Gasteiger partial charge in [-0.2, -0.15) is 0 Å². The van der Waals surface area contributed by atoms with Crippen molar-refractivity contribution in [1.82, 2.24) is 15.1 Å². The molecule has 0 spiro atoms. The Morgan fingerprint density at radius 1 is 1.08 bits per heavy atom. The molecule has 8 heteroatoms. The maximum absolute atomic E-state index is 12.4. The van der Waals surface area contributed by atoms with Gasteiger partial charge in [0.15, 0.2) is 0 Å². The van der Waals surface area contributed by atoms with Gasteiger partial charge in [-0.05, 0) is 26.0 Å². The first-order valence-electron chi connectivity index (χ1n) is 8.34. The standard InChI is InChI=1S/C17H24N4O4/c1-3-25-17(24)21-11-9-20(10-12-21)15(22)13(2)18-16(23)19-14-7-5-4-6-8-14/h4-8,13H,3,9-12H2,1-2H3,(H2,18,19,23)/t13-/m1/s1. The number of rotatable bonds is 4. The summed E-state index contributed by atoms with van der Waals surface area (Å²) in [5, 5.41) is 5.31. The number of benzene rings is 1. The SMILES string of the molecule is CCOC(=O)N1CCN(C(=O)[C@@H](C)NC(=O)Nc2ccccc2)CC1. The van der Waals surface area contributed by atoms with E-state index in [1.807, 2.05) is 18.2 Å². The number of hydrogen-bond acceptors (Lipinski definition) is 4. The highest BCUT2D eigenvalue weighted by atomic mass is 16.6. The van der Waals surface area contributed by atoms with Crippen LogP contribution in [0.3, 0.4) is 0 Å². The zero-order valence-corrected chi connectivity index (χ0v) is 14.5. The van der Waals surface area contributed by atoms with E-state index in [4.69, 9.17) is 4.74 Å². The van der Waals surface area contributed by atoms with Crippen molar-refractivity contribution >= 4 is 23.7 Å². The van der Waals surface area contributed by atoms with E-state index in [2.05, 4.69) is 10.6 Å². The molecule has 1 aromatic rings. The molecular weight excluding hydrogens is 324 g/mol. The summed E-state index contributed by atoms with van der Waals surface area (Å²) in [5.74, 6) is -0.174. The summed E-state index contributed by atoms with van der Waals surface area (Å²) in [7, 11) is 0. The largest absolute Gasteiger partial charge is 0.450 e. The second-order valence-electron chi connectivity index (χ2n) is 5.70. The van der Waals surface area contributed by atoms with Crippen LogP contribution in [0.15, 0.2) is 30.3 Å². The molecule has 1 aliphatic rings. The Kier molecular flexibility index (Phi) is 6.62. The lowest BCUT2D eigenvalue weighted by Gasteiger charge is -2.35. The highest BCUT2D eigenvalue weighted by Gasteiger charge is 2.28. The first-order valence-corrected chi connectivity index (χ1v) is 8.34. The van der Waals surface area contributed by atoms with E-state index < -0.39 is 12.1 Å². The number of nitrogens with one attached hydrogen (secondary N) is 2. The van der Waals surface area contributed by atoms with Crippen molar-refractivity contribution in [3.05, 3.63) is 30.3 Å². The molecule has 2 N–H and O–H groups in total. The van der Waals surface area contributed by atoms with Crippen LogP contribution >= 0.6 is 0 Å². The molecule has 2 rings (SSSR count). The highest BCUT2D eigenvalue weighted by Crippen LogP contribution is 2.07. The zero-order chi connectivity index (χ0) is 18.2. The number of para-hydroxylation sites is 1. The van der Waals surface area contributed by atoms with Crippen molar-refractivity contribution in [2.45, 2.75) is 19.9 Å². The number of hydrogen-bond donors (Lipinski definition) is 2. The lowest BCUT2D eigenvalue weighted by atomic mass is 10.2. The molecule has 4 amide bonds. The molecule has 1 aliphatic heterocycles. The average Bonchev–Trinajstić information content (AvgIpc) is 2.62. The molecule has 136 valence electrons. The molecule has 8 nitrogen and oxygen atoms in total. The predicted octanol–water partition coefficient (Wildman–Crippen LogP) is 1.50. The van der Waals surface area contributed by atoms with Gasteiger partial charge in [-0.15, -0.1) is 0 Å². The van der Waals surface area contributed by atoms with Gasteiger partial charge in [0.2, 0.25) is 5.91 Å². The monoisotopic (exact) mass is 348 g/mol. The van der Waals surface area contributed by atoms with Crippen molar-refractivity contribution in [3.63, 3.8) is 0 Å². The first-order chi connectivity index (χ1) is 12.0. The molecule has 0 radical (unpaired) electrons. The second-order valence-corrected chi connectivity index (χ2v) is 5.70. The third kappa shape index (κ3) is 5.37.